The van der Waals surface area contributed by atoms with E-state index < -0.39 is 0 Å². The van der Waals surface area contributed by atoms with Crippen LogP contribution in [0.25, 0.3) is 99.4 Å². The quantitative estimate of drug-likeness (QED) is 0.164. The molecule has 0 saturated heterocycles. The predicted octanol–water partition coefficient (Wildman–Crippen LogP) is 12.7. The molecule has 0 amide bonds. The highest BCUT2D eigenvalue weighted by Gasteiger charge is 2.17. The van der Waals surface area contributed by atoms with Crippen molar-refractivity contribution in [2.75, 3.05) is 0 Å². The predicted molar refractivity (Wildman–Crippen MR) is 226 cm³/mol. The lowest BCUT2D eigenvalue weighted by atomic mass is 10.0. The Kier molecular flexibility index (Phi) is 8.28. The molecule has 0 fully saturated rings. The Labute approximate surface area is 322 Å². The van der Waals surface area contributed by atoms with Gasteiger partial charge in [0, 0.05) is 53.6 Å². The van der Waals surface area contributed by atoms with E-state index in [0.717, 1.165) is 61.7 Å². The molecule has 7 aromatic carbocycles. The topological polar surface area (TPSA) is 64.5 Å². The molecule has 0 radical (unpaired) electrons. The molecular formula is C49H31N5S. The number of aromatic nitrogens is 5. The van der Waals surface area contributed by atoms with E-state index >= 15 is 0 Å². The van der Waals surface area contributed by atoms with Gasteiger partial charge in [0.15, 0.2) is 23.3 Å². The third kappa shape index (κ3) is 6.35. The van der Waals surface area contributed by atoms with Gasteiger partial charge in [-0.05, 0) is 35.4 Å². The zero-order valence-corrected chi connectivity index (χ0v) is 30.4. The fraction of sp³-hybridized carbons (Fsp3) is 0. The molecule has 3 heterocycles. The number of hydrogen-bond acceptors (Lipinski definition) is 6. The van der Waals surface area contributed by atoms with Crippen molar-refractivity contribution in [2.24, 2.45) is 0 Å². The maximum Gasteiger partial charge on any atom is 0.164 e. The van der Waals surface area contributed by atoms with E-state index in [0.29, 0.717) is 17.5 Å². The Balaban J connectivity index is 1.03. The van der Waals surface area contributed by atoms with Crippen LogP contribution < -0.4 is 0 Å². The van der Waals surface area contributed by atoms with E-state index in [9.17, 15) is 0 Å². The summed E-state index contributed by atoms with van der Waals surface area (Å²) in [6, 6.07) is 64.6. The van der Waals surface area contributed by atoms with Crippen LogP contribution in [0.15, 0.2) is 188 Å². The Hall–Kier alpha value is -7.15. The van der Waals surface area contributed by atoms with Crippen LogP contribution in [0.5, 0.6) is 0 Å². The van der Waals surface area contributed by atoms with Crippen molar-refractivity contribution in [3.8, 4) is 79.2 Å². The van der Waals surface area contributed by atoms with Crippen molar-refractivity contribution in [3.05, 3.63) is 188 Å². The van der Waals surface area contributed by atoms with Gasteiger partial charge in [-0.25, -0.2) is 24.9 Å². The second kappa shape index (κ2) is 14.0. The monoisotopic (exact) mass is 721 g/mol. The lowest BCUT2D eigenvalue weighted by Crippen LogP contribution is -2.00. The number of nitrogens with zero attached hydrogens (tertiary/aromatic N) is 5. The molecule has 0 bridgehead atoms. The average Bonchev–Trinajstić information content (AvgIpc) is 3.66. The average molecular weight is 722 g/mol. The van der Waals surface area contributed by atoms with Gasteiger partial charge in [0.25, 0.3) is 0 Å². The Morgan fingerprint density at radius 2 is 0.745 bits per heavy atom. The van der Waals surface area contributed by atoms with Crippen molar-refractivity contribution < 1.29 is 0 Å². The zero-order valence-electron chi connectivity index (χ0n) is 29.5. The van der Waals surface area contributed by atoms with E-state index in [1.54, 1.807) is 11.3 Å². The van der Waals surface area contributed by atoms with Crippen LogP contribution in [-0.2, 0) is 0 Å². The van der Waals surface area contributed by atoms with Crippen LogP contribution in [0.2, 0.25) is 0 Å². The zero-order chi connectivity index (χ0) is 36.6. The second-order valence-corrected chi connectivity index (χ2v) is 14.4. The first-order valence-electron chi connectivity index (χ1n) is 18.2. The first kappa shape index (κ1) is 32.5. The van der Waals surface area contributed by atoms with Crippen molar-refractivity contribution in [1.29, 1.82) is 0 Å². The molecule has 55 heavy (non-hydrogen) atoms. The molecule has 0 aliphatic heterocycles. The number of benzene rings is 7. The molecule has 3 aromatic heterocycles. The minimum atomic E-state index is 0.639. The van der Waals surface area contributed by atoms with Gasteiger partial charge in [0.2, 0.25) is 0 Å². The molecule has 6 heteroatoms. The van der Waals surface area contributed by atoms with Gasteiger partial charge in [-0.3, -0.25) is 0 Å². The largest absolute Gasteiger partial charge is 0.228 e. The van der Waals surface area contributed by atoms with Gasteiger partial charge >= 0.3 is 0 Å². The minimum Gasteiger partial charge on any atom is -0.228 e. The number of fused-ring (bicyclic) bond motifs is 3. The molecule has 10 aromatic rings. The fourth-order valence-corrected chi connectivity index (χ4v) is 8.18. The standard InChI is InChI=1S/C49H31N5S/c1-5-14-33(15-6-1)42-31-43(34-16-7-2-8-17-34)51-49(50-42)40-23-13-22-39-41-30-38(28-29-44(41)55-45(39)40)32-24-26-37(27-25-32)48-53-46(35-18-9-3-10-19-35)52-47(54-48)36-20-11-4-12-21-36/h1-31H. The van der Waals surface area contributed by atoms with Gasteiger partial charge in [0.1, 0.15) is 0 Å². The van der Waals surface area contributed by atoms with E-state index in [1.165, 1.54) is 20.2 Å². The Morgan fingerprint density at radius 1 is 0.291 bits per heavy atom. The van der Waals surface area contributed by atoms with Crippen LogP contribution in [0.4, 0.5) is 0 Å². The van der Waals surface area contributed by atoms with Crippen molar-refractivity contribution in [1.82, 2.24) is 24.9 Å². The summed E-state index contributed by atoms with van der Waals surface area (Å²) >= 11 is 1.79. The lowest BCUT2D eigenvalue weighted by Gasteiger charge is -2.10. The molecule has 0 saturated carbocycles. The van der Waals surface area contributed by atoms with Crippen LogP contribution >= 0.6 is 11.3 Å². The van der Waals surface area contributed by atoms with Crippen LogP contribution in [0, 0.1) is 0 Å². The summed E-state index contributed by atoms with van der Waals surface area (Å²) in [5.41, 5.74) is 10.0. The summed E-state index contributed by atoms with van der Waals surface area (Å²) in [7, 11) is 0. The van der Waals surface area contributed by atoms with E-state index in [-0.39, 0.29) is 0 Å². The lowest BCUT2D eigenvalue weighted by molar-refractivity contribution is 1.07. The van der Waals surface area contributed by atoms with Gasteiger partial charge < -0.3 is 0 Å². The van der Waals surface area contributed by atoms with Gasteiger partial charge in [-0.15, -0.1) is 11.3 Å². The SMILES string of the molecule is c1ccc(-c2cc(-c3ccccc3)nc(-c3cccc4c3sc3ccc(-c5ccc(-c6nc(-c7ccccc7)nc(-c7ccccc7)n6)cc5)cc34)n2)cc1. The third-order valence-electron chi connectivity index (χ3n) is 9.78. The molecule has 0 unspecified atom stereocenters. The summed E-state index contributed by atoms with van der Waals surface area (Å²) in [5.74, 6) is 2.66. The van der Waals surface area contributed by atoms with Crippen LogP contribution in [-0.4, -0.2) is 24.9 Å². The molecule has 0 aliphatic rings. The second-order valence-electron chi connectivity index (χ2n) is 13.3. The highest BCUT2D eigenvalue weighted by Crippen LogP contribution is 2.41. The van der Waals surface area contributed by atoms with E-state index in [2.05, 4.69) is 91.0 Å². The highest BCUT2D eigenvalue weighted by atomic mass is 32.1. The molecule has 5 nitrogen and oxygen atoms in total. The Bertz CT molecular complexity index is 2830. The smallest absolute Gasteiger partial charge is 0.164 e. The summed E-state index contributed by atoms with van der Waals surface area (Å²) in [4.78, 5) is 25.0. The van der Waals surface area contributed by atoms with Crippen LogP contribution in [0.3, 0.4) is 0 Å². The molecule has 258 valence electrons. The molecule has 0 atom stereocenters. The number of rotatable bonds is 7. The highest BCUT2D eigenvalue weighted by molar-refractivity contribution is 7.26. The molecular weight excluding hydrogens is 691 g/mol. The molecule has 10 rings (SSSR count). The number of thiophene rings is 1. The summed E-state index contributed by atoms with van der Waals surface area (Å²) < 4.78 is 2.39. The Morgan fingerprint density at radius 3 is 1.27 bits per heavy atom. The summed E-state index contributed by atoms with van der Waals surface area (Å²) in [6.07, 6.45) is 0. The fourth-order valence-electron chi connectivity index (χ4n) is 6.98. The summed E-state index contributed by atoms with van der Waals surface area (Å²) in [6.45, 7) is 0. The van der Waals surface area contributed by atoms with E-state index in [4.69, 9.17) is 24.9 Å². The maximum atomic E-state index is 5.14. The van der Waals surface area contributed by atoms with Crippen molar-refractivity contribution >= 4 is 31.5 Å². The van der Waals surface area contributed by atoms with Gasteiger partial charge in [0.05, 0.1) is 11.4 Å². The molecule has 0 N–H and O–H groups in total. The summed E-state index contributed by atoms with van der Waals surface area (Å²) in [5, 5.41) is 2.40. The third-order valence-corrected chi connectivity index (χ3v) is 11.0. The van der Waals surface area contributed by atoms with Gasteiger partial charge in [-0.2, -0.15) is 0 Å². The maximum absolute atomic E-state index is 5.14. The van der Waals surface area contributed by atoms with Crippen molar-refractivity contribution in [3.63, 3.8) is 0 Å². The van der Waals surface area contributed by atoms with Gasteiger partial charge in [-0.1, -0.05) is 164 Å². The van der Waals surface area contributed by atoms with Crippen LogP contribution in [0.1, 0.15) is 0 Å². The minimum absolute atomic E-state index is 0.639. The van der Waals surface area contributed by atoms with E-state index in [1.807, 2.05) is 97.1 Å². The first-order valence-corrected chi connectivity index (χ1v) is 19.0. The molecule has 0 aliphatic carbocycles. The normalized spacial score (nSPS) is 11.3. The first-order chi connectivity index (χ1) is 27.2. The van der Waals surface area contributed by atoms with Crippen molar-refractivity contribution in [2.45, 2.75) is 0 Å². The number of hydrogen-bond donors (Lipinski definition) is 0. The molecule has 0 spiro atoms.